The van der Waals surface area contributed by atoms with Crippen LogP contribution < -0.4 is 5.32 Å². The van der Waals surface area contributed by atoms with E-state index in [2.05, 4.69) is 31.2 Å². The Bertz CT molecular complexity index is 455. The second kappa shape index (κ2) is 4.44. The van der Waals surface area contributed by atoms with E-state index >= 15 is 0 Å². The van der Waals surface area contributed by atoms with Crippen LogP contribution in [0.3, 0.4) is 0 Å². The molecule has 0 aliphatic rings. The lowest BCUT2D eigenvalue weighted by atomic mass is 10.3. The topological polar surface area (TPSA) is 51.0 Å². The molecule has 5 heteroatoms. The SMILES string of the molecule is CCNc1cc(-c2occc2Br)ncn1. The molecule has 0 aromatic carbocycles. The van der Waals surface area contributed by atoms with E-state index in [1.165, 1.54) is 6.33 Å². The molecule has 0 fully saturated rings. The highest BCUT2D eigenvalue weighted by molar-refractivity contribution is 9.10. The Kier molecular flexibility index (Phi) is 3.01. The normalized spacial score (nSPS) is 10.3. The van der Waals surface area contributed by atoms with E-state index < -0.39 is 0 Å². The number of nitrogens with zero attached hydrogens (tertiary/aromatic N) is 2. The first-order valence-electron chi connectivity index (χ1n) is 4.60. The van der Waals surface area contributed by atoms with Crippen LogP contribution in [0.1, 0.15) is 6.92 Å². The van der Waals surface area contributed by atoms with Gasteiger partial charge in [-0.15, -0.1) is 0 Å². The van der Waals surface area contributed by atoms with Crippen LogP contribution in [-0.4, -0.2) is 16.5 Å². The predicted molar refractivity (Wildman–Crippen MR) is 61.6 cm³/mol. The molecule has 0 amide bonds. The monoisotopic (exact) mass is 267 g/mol. The van der Waals surface area contributed by atoms with Gasteiger partial charge < -0.3 is 9.73 Å². The maximum atomic E-state index is 5.32. The molecule has 78 valence electrons. The van der Waals surface area contributed by atoms with Gasteiger partial charge in [0, 0.05) is 12.6 Å². The molecule has 1 N–H and O–H groups in total. The Hall–Kier alpha value is -1.36. The van der Waals surface area contributed by atoms with Gasteiger partial charge in [0.25, 0.3) is 0 Å². The molecule has 2 aromatic heterocycles. The van der Waals surface area contributed by atoms with Gasteiger partial charge in [0.05, 0.1) is 10.7 Å². The van der Waals surface area contributed by atoms with Crippen molar-refractivity contribution in [1.82, 2.24) is 9.97 Å². The molecule has 0 unspecified atom stereocenters. The fourth-order valence-corrected chi connectivity index (χ4v) is 1.64. The van der Waals surface area contributed by atoms with Crippen LogP contribution in [0.25, 0.3) is 11.5 Å². The van der Waals surface area contributed by atoms with E-state index in [1.54, 1.807) is 6.26 Å². The third-order valence-corrected chi connectivity index (χ3v) is 2.50. The average molecular weight is 268 g/mol. The van der Waals surface area contributed by atoms with Gasteiger partial charge in [-0.1, -0.05) is 0 Å². The third-order valence-electron chi connectivity index (χ3n) is 1.87. The smallest absolute Gasteiger partial charge is 0.166 e. The number of rotatable bonds is 3. The first-order valence-corrected chi connectivity index (χ1v) is 5.40. The standard InChI is InChI=1S/C10H10BrN3O/c1-2-12-9-5-8(13-6-14-9)10-7(11)3-4-15-10/h3-6H,2H2,1H3,(H,12,13,14). The van der Waals surface area contributed by atoms with Gasteiger partial charge in [0.2, 0.25) is 0 Å². The fraction of sp³-hybridized carbons (Fsp3) is 0.200. The summed E-state index contributed by atoms with van der Waals surface area (Å²) in [5.74, 6) is 1.52. The van der Waals surface area contributed by atoms with Crippen LogP contribution in [0.15, 0.2) is 33.6 Å². The van der Waals surface area contributed by atoms with Crippen molar-refractivity contribution in [2.24, 2.45) is 0 Å². The second-order valence-corrected chi connectivity index (χ2v) is 3.77. The molecule has 0 spiro atoms. The lowest BCUT2D eigenvalue weighted by Gasteiger charge is -2.02. The summed E-state index contributed by atoms with van der Waals surface area (Å²) < 4.78 is 6.21. The predicted octanol–water partition coefficient (Wildman–Crippen LogP) is 2.93. The molecule has 0 saturated carbocycles. The third kappa shape index (κ3) is 2.18. The molecular formula is C10H10BrN3O. The Morgan fingerprint density at radius 2 is 2.33 bits per heavy atom. The van der Waals surface area contributed by atoms with Crippen molar-refractivity contribution < 1.29 is 4.42 Å². The minimum absolute atomic E-state index is 0.719. The van der Waals surface area contributed by atoms with Crippen LogP contribution >= 0.6 is 15.9 Å². The summed E-state index contributed by atoms with van der Waals surface area (Å²) in [6.45, 7) is 2.85. The molecule has 2 rings (SSSR count). The van der Waals surface area contributed by atoms with E-state index in [4.69, 9.17) is 4.42 Å². The van der Waals surface area contributed by atoms with E-state index in [-0.39, 0.29) is 0 Å². The highest BCUT2D eigenvalue weighted by atomic mass is 79.9. The number of hydrogen-bond acceptors (Lipinski definition) is 4. The quantitative estimate of drug-likeness (QED) is 0.929. The van der Waals surface area contributed by atoms with Gasteiger partial charge in [0.15, 0.2) is 5.76 Å². The average Bonchev–Trinajstić information content (AvgIpc) is 2.65. The highest BCUT2D eigenvalue weighted by Crippen LogP contribution is 2.28. The summed E-state index contributed by atoms with van der Waals surface area (Å²) in [4.78, 5) is 8.24. The lowest BCUT2D eigenvalue weighted by Crippen LogP contribution is -1.99. The molecule has 0 saturated heterocycles. The molecule has 0 atom stereocenters. The van der Waals surface area contributed by atoms with E-state index in [9.17, 15) is 0 Å². The maximum absolute atomic E-state index is 5.32. The molecule has 0 radical (unpaired) electrons. The second-order valence-electron chi connectivity index (χ2n) is 2.92. The number of aromatic nitrogens is 2. The zero-order valence-corrected chi connectivity index (χ0v) is 9.78. The Balaban J connectivity index is 2.37. The Morgan fingerprint density at radius 3 is 3.00 bits per heavy atom. The molecule has 4 nitrogen and oxygen atoms in total. The van der Waals surface area contributed by atoms with Crippen LogP contribution in [-0.2, 0) is 0 Å². The van der Waals surface area contributed by atoms with Gasteiger partial charge in [-0.2, -0.15) is 0 Å². The Labute approximate surface area is 95.9 Å². The van der Waals surface area contributed by atoms with Crippen LogP contribution in [0.4, 0.5) is 5.82 Å². The van der Waals surface area contributed by atoms with Crippen molar-refractivity contribution >= 4 is 21.7 Å². The summed E-state index contributed by atoms with van der Waals surface area (Å²) in [6, 6.07) is 3.69. The number of hydrogen-bond donors (Lipinski definition) is 1. The van der Waals surface area contributed by atoms with Crippen molar-refractivity contribution in [3.8, 4) is 11.5 Å². The summed E-state index contributed by atoms with van der Waals surface area (Å²) >= 11 is 3.39. The summed E-state index contributed by atoms with van der Waals surface area (Å²) in [5.41, 5.74) is 0.762. The number of nitrogens with one attached hydrogen (secondary N) is 1. The lowest BCUT2D eigenvalue weighted by molar-refractivity contribution is 0.578. The van der Waals surface area contributed by atoms with Crippen molar-refractivity contribution in [2.75, 3.05) is 11.9 Å². The molecule has 2 heterocycles. The molecule has 15 heavy (non-hydrogen) atoms. The van der Waals surface area contributed by atoms with Gasteiger partial charge in [-0.05, 0) is 28.9 Å². The van der Waals surface area contributed by atoms with Gasteiger partial charge in [-0.25, -0.2) is 9.97 Å². The van der Waals surface area contributed by atoms with Crippen LogP contribution in [0.2, 0.25) is 0 Å². The summed E-state index contributed by atoms with van der Waals surface area (Å²) in [5, 5.41) is 3.12. The minimum atomic E-state index is 0.719. The molecule has 2 aromatic rings. The molecule has 0 aliphatic heterocycles. The number of anilines is 1. The molecule has 0 aliphatic carbocycles. The number of halogens is 1. The molecule has 0 bridgehead atoms. The summed E-state index contributed by atoms with van der Waals surface area (Å²) in [6.07, 6.45) is 3.14. The van der Waals surface area contributed by atoms with E-state index in [0.717, 1.165) is 28.3 Å². The summed E-state index contributed by atoms with van der Waals surface area (Å²) in [7, 11) is 0. The van der Waals surface area contributed by atoms with E-state index in [0.29, 0.717) is 0 Å². The maximum Gasteiger partial charge on any atom is 0.166 e. The van der Waals surface area contributed by atoms with Crippen molar-refractivity contribution in [2.45, 2.75) is 6.92 Å². The molecular weight excluding hydrogens is 258 g/mol. The first kappa shape index (κ1) is 10.2. The van der Waals surface area contributed by atoms with Crippen LogP contribution in [0, 0.1) is 0 Å². The first-order chi connectivity index (χ1) is 7.31. The largest absolute Gasteiger partial charge is 0.461 e. The zero-order chi connectivity index (χ0) is 10.7. The van der Waals surface area contributed by atoms with Crippen molar-refractivity contribution in [3.63, 3.8) is 0 Å². The highest BCUT2D eigenvalue weighted by Gasteiger charge is 2.08. The van der Waals surface area contributed by atoms with Gasteiger partial charge >= 0.3 is 0 Å². The van der Waals surface area contributed by atoms with Crippen molar-refractivity contribution in [3.05, 3.63) is 29.2 Å². The zero-order valence-electron chi connectivity index (χ0n) is 8.20. The van der Waals surface area contributed by atoms with Gasteiger partial charge in [0.1, 0.15) is 17.8 Å². The fourth-order valence-electron chi connectivity index (χ4n) is 1.24. The van der Waals surface area contributed by atoms with Crippen molar-refractivity contribution in [1.29, 1.82) is 0 Å². The minimum Gasteiger partial charge on any atom is -0.461 e. The Morgan fingerprint density at radius 1 is 1.47 bits per heavy atom. The van der Waals surface area contributed by atoms with Gasteiger partial charge in [-0.3, -0.25) is 0 Å². The van der Waals surface area contributed by atoms with Crippen LogP contribution in [0.5, 0.6) is 0 Å². The number of furan rings is 1. The van der Waals surface area contributed by atoms with E-state index in [1.807, 2.05) is 19.1 Å².